The molecule has 1 N–H and O–H groups in total. The van der Waals surface area contributed by atoms with E-state index in [0.717, 1.165) is 38.5 Å². The lowest BCUT2D eigenvalue weighted by atomic mass is 9.90. The van der Waals surface area contributed by atoms with Crippen LogP contribution in [-0.2, 0) is 0 Å². The van der Waals surface area contributed by atoms with Crippen LogP contribution in [0.2, 0.25) is 0 Å². The molecule has 1 unspecified atom stereocenters. The van der Waals surface area contributed by atoms with E-state index in [9.17, 15) is 0 Å². The summed E-state index contributed by atoms with van der Waals surface area (Å²) in [5.41, 5.74) is 1.42. The van der Waals surface area contributed by atoms with Crippen molar-refractivity contribution in [1.29, 1.82) is 0 Å². The van der Waals surface area contributed by atoms with Crippen LogP contribution in [0, 0.1) is 5.92 Å². The summed E-state index contributed by atoms with van der Waals surface area (Å²) in [6, 6.07) is 9.22. The molecule has 2 rings (SSSR count). The lowest BCUT2D eigenvalue weighted by Crippen LogP contribution is -2.46. The van der Waals surface area contributed by atoms with E-state index in [1.807, 2.05) is 6.92 Å². The molecule has 1 aromatic carbocycles. The van der Waals surface area contributed by atoms with E-state index < -0.39 is 0 Å². The van der Waals surface area contributed by atoms with E-state index in [1.165, 1.54) is 12.0 Å². The Morgan fingerprint density at radius 3 is 2.18 bits per heavy atom. The lowest BCUT2D eigenvalue weighted by Gasteiger charge is -2.38. The van der Waals surface area contributed by atoms with E-state index in [2.05, 4.69) is 48.3 Å². The van der Waals surface area contributed by atoms with Crippen LogP contribution in [0.5, 0.6) is 5.75 Å². The van der Waals surface area contributed by atoms with E-state index in [-0.39, 0.29) is 24.8 Å². The van der Waals surface area contributed by atoms with Gasteiger partial charge < -0.3 is 10.1 Å². The zero-order valence-electron chi connectivity index (χ0n) is 13.9. The highest BCUT2D eigenvalue weighted by molar-refractivity contribution is 5.85. The monoisotopic (exact) mass is 348 g/mol. The maximum atomic E-state index is 5.55. The standard InChI is InChI=1S/C17H28N2O.2ClH/c1-4-14(3)17(19-12-10-18-11-13-19)15-6-8-16(9-7-15)20-5-2;;/h6-9,14,17-18H,4-5,10-13H2,1-3H3;2*1H/t14?,17-;;/m1../s1. The number of nitrogens with one attached hydrogen (secondary N) is 1. The van der Waals surface area contributed by atoms with Gasteiger partial charge in [0, 0.05) is 32.2 Å². The van der Waals surface area contributed by atoms with Crippen LogP contribution in [0.3, 0.4) is 0 Å². The Bertz CT molecular complexity index is 394. The number of hydrogen-bond acceptors (Lipinski definition) is 3. The van der Waals surface area contributed by atoms with E-state index in [4.69, 9.17) is 4.74 Å². The lowest BCUT2D eigenvalue weighted by molar-refractivity contribution is 0.128. The van der Waals surface area contributed by atoms with Gasteiger partial charge in [-0.2, -0.15) is 0 Å². The van der Waals surface area contributed by atoms with Crippen molar-refractivity contribution in [3.63, 3.8) is 0 Å². The molecule has 1 aliphatic rings. The summed E-state index contributed by atoms with van der Waals surface area (Å²) in [5.74, 6) is 1.64. The Kier molecular flexibility index (Phi) is 10.9. The Morgan fingerprint density at radius 1 is 1.09 bits per heavy atom. The Labute approximate surface area is 147 Å². The first kappa shape index (κ1) is 21.5. The molecule has 22 heavy (non-hydrogen) atoms. The summed E-state index contributed by atoms with van der Waals surface area (Å²) >= 11 is 0. The average molecular weight is 349 g/mol. The molecule has 5 heteroatoms. The van der Waals surface area contributed by atoms with E-state index in [1.54, 1.807) is 0 Å². The third kappa shape index (κ3) is 5.62. The third-order valence-electron chi connectivity index (χ3n) is 4.26. The molecule has 1 saturated heterocycles. The smallest absolute Gasteiger partial charge is 0.119 e. The van der Waals surface area contributed by atoms with Crippen LogP contribution >= 0.6 is 24.8 Å². The molecule has 0 aliphatic carbocycles. The minimum absolute atomic E-state index is 0. The summed E-state index contributed by atoms with van der Waals surface area (Å²) in [5, 5.41) is 3.44. The van der Waals surface area contributed by atoms with Gasteiger partial charge in [0.2, 0.25) is 0 Å². The normalized spacial score (nSPS) is 17.8. The van der Waals surface area contributed by atoms with E-state index >= 15 is 0 Å². The molecule has 2 atom stereocenters. The molecule has 0 aromatic heterocycles. The van der Waals surface area contributed by atoms with Crippen LogP contribution in [0.15, 0.2) is 24.3 Å². The Balaban J connectivity index is 0.00000220. The predicted octanol–water partition coefficient (Wildman–Crippen LogP) is 3.92. The topological polar surface area (TPSA) is 24.5 Å². The number of piperazine rings is 1. The van der Waals surface area contributed by atoms with Crippen molar-refractivity contribution >= 4 is 24.8 Å². The van der Waals surface area contributed by atoms with Gasteiger partial charge in [0.05, 0.1) is 6.61 Å². The minimum Gasteiger partial charge on any atom is -0.494 e. The predicted molar refractivity (Wildman–Crippen MR) is 98.7 cm³/mol. The van der Waals surface area contributed by atoms with Crippen LogP contribution in [0.25, 0.3) is 0 Å². The SMILES string of the molecule is CCOc1ccc([C@@H](C(C)CC)N2CCNCC2)cc1.Cl.Cl. The summed E-state index contributed by atoms with van der Waals surface area (Å²) < 4.78 is 5.55. The first-order valence-electron chi connectivity index (χ1n) is 7.93. The molecular weight excluding hydrogens is 319 g/mol. The number of nitrogens with zero attached hydrogens (tertiary/aromatic N) is 1. The van der Waals surface area contributed by atoms with Crippen LogP contribution in [-0.4, -0.2) is 37.7 Å². The molecule has 1 heterocycles. The van der Waals surface area contributed by atoms with Crippen LogP contribution < -0.4 is 10.1 Å². The van der Waals surface area contributed by atoms with E-state index in [0.29, 0.717) is 12.0 Å². The Morgan fingerprint density at radius 2 is 1.68 bits per heavy atom. The van der Waals surface area contributed by atoms with Gasteiger partial charge >= 0.3 is 0 Å². The van der Waals surface area contributed by atoms with Crippen molar-refractivity contribution in [2.75, 3.05) is 32.8 Å². The van der Waals surface area contributed by atoms with Crippen molar-refractivity contribution in [2.24, 2.45) is 5.92 Å². The number of rotatable bonds is 6. The fourth-order valence-electron chi connectivity index (χ4n) is 3.01. The zero-order chi connectivity index (χ0) is 14.4. The second-order valence-corrected chi connectivity index (χ2v) is 5.62. The van der Waals surface area contributed by atoms with Gasteiger partial charge in [-0.25, -0.2) is 0 Å². The highest BCUT2D eigenvalue weighted by Gasteiger charge is 2.26. The molecule has 128 valence electrons. The first-order valence-corrected chi connectivity index (χ1v) is 7.93. The molecule has 0 saturated carbocycles. The zero-order valence-corrected chi connectivity index (χ0v) is 15.5. The fourth-order valence-corrected chi connectivity index (χ4v) is 3.01. The number of benzene rings is 1. The largest absolute Gasteiger partial charge is 0.494 e. The molecule has 0 amide bonds. The molecule has 1 fully saturated rings. The maximum absolute atomic E-state index is 5.55. The van der Waals surface area contributed by atoms with Crippen molar-refractivity contribution in [2.45, 2.75) is 33.2 Å². The summed E-state index contributed by atoms with van der Waals surface area (Å²) in [7, 11) is 0. The van der Waals surface area contributed by atoms with Crippen molar-refractivity contribution in [1.82, 2.24) is 10.2 Å². The van der Waals surface area contributed by atoms with Gasteiger partial charge in [-0.1, -0.05) is 32.4 Å². The van der Waals surface area contributed by atoms with Gasteiger partial charge in [-0.3, -0.25) is 4.90 Å². The second-order valence-electron chi connectivity index (χ2n) is 5.62. The van der Waals surface area contributed by atoms with Gasteiger partial charge in [0.15, 0.2) is 0 Å². The molecule has 0 bridgehead atoms. The molecular formula is C17H30Cl2N2O. The molecule has 0 radical (unpaired) electrons. The number of halogens is 2. The maximum Gasteiger partial charge on any atom is 0.119 e. The van der Waals surface area contributed by atoms with Crippen LogP contribution in [0.4, 0.5) is 0 Å². The summed E-state index contributed by atoms with van der Waals surface area (Å²) in [6.45, 7) is 11.9. The minimum atomic E-state index is 0. The molecule has 1 aliphatic heterocycles. The molecule has 1 aromatic rings. The van der Waals surface area contributed by atoms with Gasteiger partial charge in [-0.05, 0) is 30.5 Å². The van der Waals surface area contributed by atoms with Crippen molar-refractivity contribution in [3.05, 3.63) is 29.8 Å². The van der Waals surface area contributed by atoms with Crippen molar-refractivity contribution in [3.8, 4) is 5.75 Å². The third-order valence-corrected chi connectivity index (χ3v) is 4.26. The highest BCUT2D eigenvalue weighted by atomic mass is 35.5. The van der Waals surface area contributed by atoms with Gasteiger partial charge in [0.1, 0.15) is 5.75 Å². The fraction of sp³-hybridized carbons (Fsp3) is 0.647. The molecule has 0 spiro atoms. The van der Waals surface area contributed by atoms with Gasteiger partial charge in [-0.15, -0.1) is 24.8 Å². The molecule has 3 nitrogen and oxygen atoms in total. The average Bonchev–Trinajstić information content (AvgIpc) is 2.50. The summed E-state index contributed by atoms with van der Waals surface area (Å²) in [4.78, 5) is 2.63. The van der Waals surface area contributed by atoms with Gasteiger partial charge in [0.25, 0.3) is 0 Å². The number of ether oxygens (including phenoxy) is 1. The first-order chi connectivity index (χ1) is 9.76. The number of hydrogen-bond donors (Lipinski definition) is 1. The second kappa shape index (κ2) is 11.1. The summed E-state index contributed by atoms with van der Waals surface area (Å²) in [6.07, 6.45) is 1.21. The quantitative estimate of drug-likeness (QED) is 0.842. The van der Waals surface area contributed by atoms with Crippen LogP contribution in [0.1, 0.15) is 38.8 Å². The van der Waals surface area contributed by atoms with Crippen molar-refractivity contribution < 1.29 is 4.74 Å². The highest BCUT2D eigenvalue weighted by Crippen LogP contribution is 2.31. The Hall–Kier alpha value is -0.480.